The van der Waals surface area contributed by atoms with Gasteiger partial charge in [-0.2, -0.15) is 0 Å². The van der Waals surface area contributed by atoms with Gasteiger partial charge in [0.2, 0.25) is 0 Å². The molecule has 17 heavy (non-hydrogen) atoms. The maximum atomic E-state index is 13.6. The first-order valence-corrected chi connectivity index (χ1v) is 6.54. The van der Waals surface area contributed by atoms with Crippen LogP contribution in [0.3, 0.4) is 0 Å². The number of hydrogen-bond donors (Lipinski definition) is 1. The van der Waals surface area contributed by atoms with Crippen LogP contribution in [0, 0.1) is 18.6 Å². The topological polar surface area (TPSA) is 20.2 Å². The average molecular weight is 319 g/mol. The molecule has 2 rings (SSSR count). The number of aryl methyl sites for hydroxylation is 1. The Bertz CT molecular complexity index is 553. The zero-order chi connectivity index (χ0) is 12.6. The van der Waals surface area contributed by atoms with E-state index in [1.807, 2.05) is 0 Å². The van der Waals surface area contributed by atoms with Crippen LogP contribution < -0.4 is 0 Å². The quantitative estimate of drug-likeness (QED) is 0.880. The average Bonchev–Trinajstić information content (AvgIpc) is 2.69. The first-order chi connectivity index (χ1) is 7.99. The summed E-state index contributed by atoms with van der Waals surface area (Å²) in [7, 11) is 0. The van der Waals surface area contributed by atoms with E-state index < -0.39 is 17.7 Å². The summed E-state index contributed by atoms with van der Waals surface area (Å²) in [6, 6.07) is 3.82. The molecule has 1 heterocycles. The molecule has 0 bridgehead atoms. The number of thiophene rings is 1. The number of aliphatic hydroxyl groups is 1. The minimum absolute atomic E-state index is 0.0431. The normalized spacial score (nSPS) is 12.8. The lowest BCUT2D eigenvalue weighted by Crippen LogP contribution is -2.03. The Morgan fingerprint density at radius 2 is 1.94 bits per heavy atom. The smallest absolute Gasteiger partial charge is 0.129 e. The molecule has 0 saturated carbocycles. The van der Waals surface area contributed by atoms with Crippen molar-refractivity contribution in [2.45, 2.75) is 13.0 Å². The fraction of sp³-hybridized carbons (Fsp3) is 0.167. The van der Waals surface area contributed by atoms with E-state index in [9.17, 15) is 13.9 Å². The van der Waals surface area contributed by atoms with Crippen LogP contribution in [0.2, 0.25) is 0 Å². The lowest BCUT2D eigenvalue weighted by Gasteiger charge is -2.11. The Hall–Kier alpha value is -0.780. The third-order valence-corrected chi connectivity index (χ3v) is 4.00. The zero-order valence-corrected chi connectivity index (χ0v) is 11.3. The van der Waals surface area contributed by atoms with E-state index in [2.05, 4.69) is 15.9 Å². The molecule has 1 aromatic carbocycles. The van der Waals surface area contributed by atoms with Crippen LogP contribution in [0.5, 0.6) is 0 Å². The van der Waals surface area contributed by atoms with Crippen molar-refractivity contribution >= 4 is 27.3 Å². The van der Waals surface area contributed by atoms with Crippen molar-refractivity contribution in [3.8, 4) is 0 Å². The van der Waals surface area contributed by atoms with Gasteiger partial charge in [0.1, 0.15) is 17.7 Å². The molecule has 0 fully saturated rings. The van der Waals surface area contributed by atoms with Gasteiger partial charge in [-0.15, -0.1) is 11.3 Å². The predicted octanol–water partition coefficient (Wildman–Crippen LogP) is 4.18. The van der Waals surface area contributed by atoms with Gasteiger partial charge < -0.3 is 5.11 Å². The highest BCUT2D eigenvalue weighted by Crippen LogP contribution is 2.31. The molecular weight excluding hydrogens is 310 g/mol. The van der Waals surface area contributed by atoms with Gasteiger partial charge in [-0.25, -0.2) is 8.78 Å². The molecule has 0 spiro atoms. The van der Waals surface area contributed by atoms with Gasteiger partial charge in [-0.05, 0) is 57.6 Å². The highest BCUT2D eigenvalue weighted by molar-refractivity contribution is 9.11. The Morgan fingerprint density at radius 1 is 1.24 bits per heavy atom. The second-order valence-corrected chi connectivity index (χ2v) is 6.00. The number of rotatable bonds is 2. The Labute approximate surface area is 110 Å². The summed E-state index contributed by atoms with van der Waals surface area (Å²) in [4.78, 5) is 0. The molecule has 0 aliphatic rings. The summed E-state index contributed by atoms with van der Waals surface area (Å²) in [6.07, 6.45) is -1.15. The van der Waals surface area contributed by atoms with Gasteiger partial charge in [0.05, 0.1) is 3.79 Å². The van der Waals surface area contributed by atoms with Crippen molar-refractivity contribution < 1.29 is 13.9 Å². The lowest BCUT2D eigenvalue weighted by molar-refractivity contribution is 0.214. The molecule has 0 radical (unpaired) electrons. The second-order valence-electron chi connectivity index (χ2n) is 3.71. The van der Waals surface area contributed by atoms with Crippen molar-refractivity contribution in [1.82, 2.24) is 0 Å². The minimum Gasteiger partial charge on any atom is -0.384 e. The zero-order valence-electron chi connectivity index (χ0n) is 8.88. The molecule has 1 nitrogen and oxygen atoms in total. The monoisotopic (exact) mass is 318 g/mol. The second kappa shape index (κ2) is 4.84. The summed E-state index contributed by atoms with van der Waals surface area (Å²) >= 11 is 4.64. The standard InChI is InChI=1S/C12H9BrF2OS/c1-6-2-10(15)8(4-9(6)14)12(16)7-3-11(13)17-5-7/h2-5,12,16H,1H3. The molecule has 0 aliphatic heterocycles. The Morgan fingerprint density at radius 3 is 2.53 bits per heavy atom. The van der Waals surface area contributed by atoms with Gasteiger partial charge in [-0.1, -0.05) is 0 Å². The van der Waals surface area contributed by atoms with Crippen LogP contribution in [0.25, 0.3) is 0 Å². The van der Waals surface area contributed by atoms with Crippen LogP contribution in [-0.4, -0.2) is 5.11 Å². The first-order valence-electron chi connectivity index (χ1n) is 4.86. The molecule has 0 amide bonds. The Kier molecular flexibility index (Phi) is 3.61. The number of halogens is 3. The number of aliphatic hydroxyl groups excluding tert-OH is 1. The predicted molar refractivity (Wildman–Crippen MR) is 67.2 cm³/mol. The summed E-state index contributed by atoms with van der Waals surface area (Å²) in [5.41, 5.74) is 0.729. The summed E-state index contributed by atoms with van der Waals surface area (Å²) in [5, 5.41) is 11.7. The van der Waals surface area contributed by atoms with Crippen LogP contribution >= 0.6 is 27.3 Å². The minimum atomic E-state index is -1.15. The van der Waals surface area contributed by atoms with Crippen molar-refractivity contribution in [1.29, 1.82) is 0 Å². The van der Waals surface area contributed by atoms with E-state index in [1.54, 1.807) is 11.4 Å². The van der Waals surface area contributed by atoms with E-state index >= 15 is 0 Å². The SMILES string of the molecule is Cc1cc(F)c(C(O)c2csc(Br)c2)cc1F. The van der Waals surface area contributed by atoms with Gasteiger partial charge in [0.25, 0.3) is 0 Å². The summed E-state index contributed by atoms with van der Waals surface area (Å²) in [5.74, 6) is -1.12. The number of benzene rings is 1. The molecule has 1 aromatic heterocycles. The van der Waals surface area contributed by atoms with Crippen LogP contribution in [0.1, 0.15) is 22.8 Å². The molecule has 0 aliphatic carbocycles. The molecule has 90 valence electrons. The molecule has 1 N–H and O–H groups in total. The fourth-order valence-electron chi connectivity index (χ4n) is 1.52. The van der Waals surface area contributed by atoms with Crippen LogP contribution in [0.15, 0.2) is 27.4 Å². The van der Waals surface area contributed by atoms with Crippen molar-refractivity contribution in [2.24, 2.45) is 0 Å². The van der Waals surface area contributed by atoms with E-state index in [0.29, 0.717) is 5.56 Å². The van der Waals surface area contributed by atoms with E-state index in [-0.39, 0.29) is 11.1 Å². The highest BCUT2D eigenvalue weighted by Gasteiger charge is 2.18. The molecule has 0 saturated heterocycles. The molecule has 1 unspecified atom stereocenters. The van der Waals surface area contributed by atoms with Gasteiger partial charge in [-0.3, -0.25) is 0 Å². The maximum Gasteiger partial charge on any atom is 0.129 e. The summed E-state index contributed by atoms with van der Waals surface area (Å²) < 4.78 is 27.8. The van der Waals surface area contributed by atoms with Crippen molar-refractivity contribution in [2.75, 3.05) is 0 Å². The van der Waals surface area contributed by atoms with E-state index in [0.717, 1.165) is 15.9 Å². The highest BCUT2D eigenvalue weighted by atomic mass is 79.9. The molecule has 1 atom stereocenters. The third kappa shape index (κ3) is 2.56. The van der Waals surface area contributed by atoms with Gasteiger partial charge in [0, 0.05) is 5.56 Å². The van der Waals surface area contributed by atoms with E-state index in [4.69, 9.17) is 0 Å². The Balaban J connectivity index is 2.43. The first kappa shape index (κ1) is 12.7. The lowest BCUT2D eigenvalue weighted by atomic mass is 10.0. The van der Waals surface area contributed by atoms with Gasteiger partial charge >= 0.3 is 0 Å². The number of hydrogen-bond acceptors (Lipinski definition) is 2. The maximum absolute atomic E-state index is 13.6. The van der Waals surface area contributed by atoms with Crippen molar-refractivity contribution in [3.05, 3.63) is 55.7 Å². The third-order valence-electron chi connectivity index (χ3n) is 2.48. The van der Waals surface area contributed by atoms with Gasteiger partial charge in [0.15, 0.2) is 0 Å². The molecular formula is C12H9BrF2OS. The van der Waals surface area contributed by atoms with Crippen LogP contribution in [-0.2, 0) is 0 Å². The van der Waals surface area contributed by atoms with E-state index in [1.165, 1.54) is 18.3 Å². The van der Waals surface area contributed by atoms with Crippen molar-refractivity contribution in [3.63, 3.8) is 0 Å². The fourth-order valence-corrected chi connectivity index (χ4v) is 2.71. The summed E-state index contributed by atoms with van der Waals surface area (Å²) in [6.45, 7) is 1.48. The molecule has 2 aromatic rings. The largest absolute Gasteiger partial charge is 0.384 e. The molecule has 5 heteroatoms. The van der Waals surface area contributed by atoms with Crippen LogP contribution in [0.4, 0.5) is 8.78 Å².